The third-order valence-electron chi connectivity index (χ3n) is 3.15. The van der Waals surface area contributed by atoms with Crippen LogP contribution in [0.5, 0.6) is 0 Å². The quantitative estimate of drug-likeness (QED) is 0.780. The van der Waals surface area contributed by atoms with Gasteiger partial charge >= 0.3 is 0 Å². The van der Waals surface area contributed by atoms with E-state index in [9.17, 15) is 5.11 Å². The fourth-order valence-corrected chi connectivity index (χ4v) is 2.25. The lowest BCUT2D eigenvalue weighted by Crippen LogP contribution is -2.07. The number of imidazole rings is 1. The molecule has 0 spiro atoms. The summed E-state index contributed by atoms with van der Waals surface area (Å²) in [5.41, 5.74) is 3.09. The van der Waals surface area contributed by atoms with Crippen molar-refractivity contribution in [2.45, 2.75) is 19.6 Å². The second-order valence-corrected chi connectivity index (χ2v) is 4.58. The van der Waals surface area contributed by atoms with Crippen molar-refractivity contribution in [3.05, 3.63) is 60.2 Å². The third-order valence-corrected chi connectivity index (χ3v) is 3.15. The van der Waals surface area contributed by atoms with Gasteiger partial charge in [-0.1, -0.05) is 12.1 Å². The van der Waals surface area contributed by atoms with Gasteiger partial charge in [-0.3, -0.25) is 4.98 Å². The lowest BCUT2D eigenvalue weighted by atomic mass is 10.2. The molecule has 0 saturated heterocycles. The molecule has 3 rings (SSSR count). The van der Waals surface area contributed by atoms with E-state index >= 15 is 0 Å². The van der Waals surface area contributed by atoms with Crippen LogP contribution < -0.4 is 0 Å². The molecule has 4 heteroatoms. The van der Waals surface area contributed by atoms with E-state index in [1.807, 2.05) is 36.4 Å². The molecule has 1 N–H and O–H groups in total. The van der Waals surface area contributed by atoms with Crippen LogP contribution >= 0.6 is 0 Å². The number of aromatic nitrogens is 3. The summed E-state index contributed by atoms with van der Waals surface area (Å²) in [4.78, 5) is 8.53. The molecule has 1 atom stereocenters. The lowest BCUT2D eigenvalue weighted by Gasteiger charge is -2.10. The van der Waals surface area contributed by atoms with Crippen LogP contribution in [0.25, 0.3) is 11.0 Å². The Kier molecular flexibility index (Phi) is 3.01. The summed E-state index contributed by atoms with van der Waals surface area (Å²) in [5, 5.41) is 9.89. The first-order chi connectivity index (χ1) is 9.25. The molecule has 0 saturated carbocycles. The standard InChI is InChI=1S/C15H15N3O/c1-11(19)15-17-13-4-2-3-5-14(13)18(15)10-12-6-8-16-9-7-12/h2-9,11,19H,10H2,1H3. The number of rotatable bonds is 3. The summed E-state index contributed by atoms with van der Waals surface area (Å²) in [6.45, 7) is 2.42. The first-order valence-corrected chi connectivity index (χ1v) is 6.28. The maximum Gasteiger partial charge on any atom is 0.138 e. The number of hydrogen-bond donors (Lipinski definition) is 1. The lowest BCUT2D eigenvalue weighted by molar-refractivity contribution is 0.185. The number of benzene rings is 1. The van der Waals surface area contributed by atoms with Crippen molar-refractivity contribution in [2.24, 2.45) is 0 Å². The minimum absolute atomic E-state index is 0.589. The van der Waals surface area contributed by atoms with Crippen LogP contribution in [0.1, 0.15) is 24.4 Å². The Labute approximate surface area is 111 Å². The van der Waals surface area contributed by atoms with Crippen LogP contribution in [-0.4, -0.2) is 19.6 Å². The molecule has 96 valence electrons. The monoisotopic (exact) mass is 253 g/mol. The van der Waals surface area contributed by atoms with Gasteiger partial charge in [-0.05, 0) is 36.8 Å². The highest BCUT2D eigenvalue weighted by atomic mass is 16.3. The van der Waals surface area contributed by atoms with Gasteiger partial charge in [0.25, 0.3) is 0 Å². The van der Waals surface area contributed by atoms with E-state index in [1.165, 1.54) is 0 Å². The summed E-state index contributed by atoms with van der Waals surface area (Å²) in [6, 6.07) is 11.9. The van der Waals surface area contributed by atoms with Gasteiger partial charge in [0.2, 0.25) is 0 Å². The fraction of sp³-hybridized carbons (Fsp3) is 0.200. The topological polar surface area (TPSA) is 50.9 Å². The smallest absolute Gasteiger partial charge is 0.138 e. The Hall–Kier alpha value is -2.20. The largest absolute Gasteiger partial charge is 0.385 e. The van der Waals surface area contributed by atoms with Gasteiger partial charge in [-0.15, -0.1) is 0 Å². The normalized spacial score (nSPS) is 12.7. The zero-order valence-electron chi connectivity index (χ0n) is 10.7. The van der Waals surface area contributed by atoms with Gasteiger partial charge in [-0.2, -0.15) is 0 Å². The van der Waals surface area contributed by atoms with Crippen LogP contribution in [0.15, 0.2) is 48.8 Å². The second kappa shape index (κ2) is 4.82. The first-order valence-electron chi connectivity index (χ1n) is 6.28. The summed E-state index contributed by atoms with van der Waals surface area (Å²) in [7, 11) is 0. The van der Waals surface area contributed by atoms with Crippen molar-refractivity contribution in [1.82, 2.24) is 14.5 Å². The predicted molar refractivity (Wildman–Crippen MR) is 73.7 cm³/mol. The van der Waals surface area contributed by atoms with Crippen molar-refractivity contribution < 1.29 is 5.11 Å². The highest BCUT2D eigenvalue weighted by Crippen LogP contribution is 2.21. The zero-order valence-corrected chi connectivity index (χ0v) is 10.7. The Morgan fingerprint density at radius 2 is 1.89 bits per heavy atom. The molecule has 1 unspecified atom stereocenters. The van der Waals surface area contributed by atoms with Gasteiger partial charge < -0.3 is 9.67 Å². The van der Waals surface area contributed by atoms with E-state index in [-0.39, 0.29) is 0 Å². The molecule has 2 heterocycles. The van der Waals surface area contributed by atoms with E-state index in [0.717, 1.165) is 16.6 Å². The third kappa shape index (κ3) is 2.22. The Morgan fingerprint density at radius 3 is 2.63 bits per heavy atom. The first kappa shape index (κ1) is 11.9. The van der Waals surface area contributed by atoms with Crippen LogP contribution in [0.2, 0.25) is 0 Å². The van der Waals surface area contributed by atoms with Gasteiger partial charge in [0, 0.05) is 18.9 Å². The van der Waals surface area contributed by atoms with E-state index in [0.29, 0.717) is 12.4 Å². The molecule has 2 aromatic heterocycles. The highest BCUT2D eigenvalue weighted by molar-refractivity contribution is 5.76. The average molecular weight is 253 g/mol. The molecule has 0 amide bonds. The number of hydrogen-bond acceptors (Lipinski definition) is 3. The fourth-order valence-electron chi connectivity index (χ4n) is 2.25. The van der Waals surface area contributed by atoms with Crippen LogP contribution in [-0.2, 0) is 6.54 Å². The molecule has 4 nitrogen and oxygen atoms in total. The molecular formula is C15H15N3O. The summed E-state index contributed by atoms with van der Waals surface area (Å²) >= 11 is 0. The van der Waals surface area contributed by atoms with Gasteiger partial charge in [0.15, 0.2) is 0 Å². The summed E-state index contributed by atoms with van der Waals surface area (Å²) < 4.78 is 2.05. The Balaban J connectivity index is 2.12. The maximum atomic E-state index is 9.89. The van der Waals surface area contributed by atoms with Gasteiger partial charge in [0.1, 0.15) is 11.9 Å². The van der Waals surface area contributed by atoms with E-state index < -0.39 is 6.10 Å². The Morgan fingerprint density at radius 1 is 1.16 bits per heavy atom. The minimum Gasteiger partial charge on any atom is -0.385 e. The average Bonchev–Trinajstić information content (AvgIpc) is 2.79. The van der Waals surface area contributed by atoms with Crippen molar-refractivity contribution in [3.63, 3.8) is 0 Å². The molecule has 0 aliphatic heterocycles. The number of aliphatic hydroxyl groups excluding tert-OH is 1. The van der Waals surface area contributed by atoms with Crippen molar-refractivity contribution in [1.29, 1.82) is 0 Å². The summed E-state index contributed by atoms with van der Waals surface area (Å²) in [6.07, 6.45) is 2.96. The summed E-state index contributed by atoms with van der Waals surface area (Å²) in [5.74, 6) is 0.693. The number of fused-ring (bicyclic) bond motifs is 1. The number of para-hydroxylation sites is 2. The van der Waals surface area contributed by atoms with Crippen molar-refractivity contribution in [2.75, 3.05) is 0 Å². The van der Waals surface area contributed by atoms with Gasteiger partial charge in [0.05, 0.1) is 11.0 Å². The molecule has 3 aromatic rings. The number of nitrogens with zero attached hydrogens (tertiary/aromatic N) is 3. The van der Waals surface area contributed by atoms with Crippen LogP contribution in [0, 0.1) is 0 Å². The molecular weight excluding hydrogens is 238 g/mol. The second-order valence-electron chi connectivity index (χ2n) is 4.58. The zero-order chi connectivity index (χ0) is 13.2. The van der Waals surface area contributed by atoms with Gasteiger partial charge in [-0.25, -0.2) is 4.98 Å². The van der Waals surface area contributed by atoms with Crippen LogP contribution in [0.4, 0.5) is 0 Å². The maximum absolute atomic E-state index is 9.89. The molecule has 0 radical (unpaired) electrons. The van der Waals surface area contributed by atoms with E-state index in [2.05, 4.69) is 14.5 Å². The van der Waals surface area contributed by atoms with E-state index in [1.54, 1.807) is 19.3 Å². The highest BCUT2D eigenvalue weighted by Gasteiger charge is 2.14. The van der Waals surface area contributed by atoms with Crippen molar-refractivity contribution in [3.8, 4) is 0 Å². The van der Waals surface area contributed by atoms with E-state index in [4.69, 9.17) is 0 Å². The molecule has 0 aliphatic carbocycles. The van der Waals surface area contributed by atoms with Crippen molar-refractivity contribution >= 4 is 11.0 Å². The molecule has 1 aromatic carbocycles. The SMILES string of the molecule is CC(O)c1nc2ccccc2n1Cc1ccncc1. The predicted octanol–water partition coefficient (Wildman–Crippen LogP) is 2.53. The molecule has 0 aliphatic rings. The minimum atomic E-state index is -0.589. The number of aliphatic hydroxyl groups is 1. The molecule has 0 bridgehead atoms. The molecule has 19 heavy (non-hydrogen) atoms. The van der Waals surface area contributed by atoms with Crippen LogP contribution in [0.3, 0.4) is 0 Å². The number of pyridine rings is 1. The molecule has 0 fully saturated rings. The Bertz CT molecular complexity index is 689.